The van der Waals surface area contributed by atoms with Gasteiger partial charge in [-0.25, -0.2) is 4.79 Å². The van der Waals surface area contributed by atoms with Gasteiger partial charge in [-0.05, 0) is 12.1 Å². The number of nitrogen functional groups attached to an aromatic ring is 1. The van der Waals surface area contributed by atoms with E-state index in [1.165, 1.54) is 13.1 Å². The average molecular weight is 322 g/mol. The fourth-order valence-corrected chi connectivity index (χ4v) is 2.16. The topological polar surface area (TPSA) is 60.9 Å². The lowest BCUT2D eigenvalue weighted by atomic mass is 10.1. The van der Waals surface area contributed by atoms with Crippen LogP contribution in [0.15, 0.2) is 21.4 Å². The summed E-state index contributed by atoms with van der Waals surface area (Å²) in [5.41, 5.74) is 3.46. The highest BCUT2D eigenvalue weighted by Gasteiger charge is 2.34. The minimum atomic E-state index is -4.58. The molecule has 0 aliphatic heterocycles. The van der Waals surface area contributed by atoms with E-state index in [9.17, 15) is 18.0 Å². The van der Waals surface area contributed by atoms with Gasteiger partial charge in [0.15, 0.2) is 0 Å². The molecule has 8 heteroatoms. The molecule has 1 heterocycles. The zero-order valence-corrected chi connectivity index (χ0v) is 10.6. The average Bonchev–Trinajstić information content (AvgIpc) is 2.23. The van der Waals surface area contributed by atoms with E-state index < -0.39 is 17.4 Å². The first-order chi connectivity index (χ1) is 8.21. The van der Waals surface area contributed by atoms with Crippen molar-refractivity contribution in [3.8, 4) is 0 Å². The number of aromatic nitrogens is 2. The number of hydrogen-bond acceptors (Lipinski definition) is 3. The van der Waals surface area contributed by atoms with Crippen LogP contribution in [0.2, 0.25) is 0 Å². The van der Waals surface area contributed by atoms with Gasteiger partial charge in [-0.2, -0.15) is 18.2 Å². The van der Waals surface area contributed by atoms with Crippen LogP contribution >= 0.6 is 15.9 Å². The van der Waals surface area contributed by atoms with E-state index in [-0.39, 0.29) is 21.2 Å². The first-order valence-electron chi connectivity index (χ1n) is 4.75. The van der Waals surface area contributed by atoms with Crippen LogP contribution in [0.5, 0.6) is 0 Å². The molecule has 0 amide bonds. The number of alkyl halides is 3. The van der Waals surface area contributed by atoms with Crippen LogP contribution in [0, 0.1) is 0 Å². The minimum Gasteiger partial charge on any atom is -0.383 e. The Morgan fingerprint density at radius 2 is 2.00 bits per heavy atom. The van der Waals surface area contributed by atoms with Crippen LogP contribution in [0.25, 0.3) is 10.9 Å². The van der Waals surface area contributed by atoms with Gasteiger partial charge in [0.1, 0.15) is 5.82 Å². The molecule has 0 atom stereocenters. The van der Waals surface area contributed by atoms with E-state index in [4.69, 9.17) is 5.73 Å². The quantitative estimate of drug-likeness (QED) is 0.810. The van der Waals surface area contributed by atoms with Crippen molar-refractivity contribution in [1.29, 1.82) is 0 Å². The molecule has 0 saturated heterocycles. The van der Waals surface area contributed by atoms with E-state index >= 15 is 0 Å². The maximum absolute atomic E-state index is 12.9. The van der Waals surface area contributed by atoms with Crippen molar-refractivity contribution in [3.63, 3.8) is 0 Å². The lowest BCUT2D eigenvalue weighted by Gasteiger charge is -2.14. The Labute approximate surface area is 107 Å². The number of fused-ring (bicyclic) bond motifs is 1. The molecule has 0 aliphatic rings. The Balaban J connectivity index is 3.08. The maximum Gasteiger partial charge on any atom is 0.418 e. The predicted molar refractivity (Wildman–Crippen MR) is 64.1 cm³/mol. The molecular formula is C10H7BrF3N3O. The van der Waals surface area contributed by atoms with E-state index in [2.05, 4.69) is 20.9 Å². The molecule has 0 radical (unpaired) electrons. The molecule has 2 rings (SSSR count). The molecule has 0 bridgehead atoms. The molecule has 0 spiro atoms. The molecule has 2 N–H and O–H groups in total. The third-order valence-corrected chi connectivity index (χ3v) is 2.95. The van der Waals surface area contributed by atoms with Gasteiger partial charge in [0.05, 0.1) is 11.1 Å². The Morgan fingerprint density at radius 1 is 1.39 bits per heavy atom. The highest BCUT2D eigenvalue weighted by molar-refractivity contribution is 9.10. The van der Waals surface area contributed by atoms with Crippen molar-refractivity contribution in [1.82, 2.24) is 9.55 Å². The number of anilines is 1. The lowest BCUT2D eigenvalue weighted by Crippen LogP contribution is -2.24. The Hall–Kier alpha value is -1.57. The second-order valence-corrected chi connectivity index (χ2v) is 4.60. The summed E-state index contributed by atoms with van der Waals surface area (Å²) in [4.78, 5) is 14.9. The molecule has 18 heavy (non-hydrogen) atoms. The standard InChI is InChI=1S/C10H7BrF3N3O/c1-17-7-5(8(15)16-9(17)18)2-4(11)3-6(7)10(12,13)14/h2-3H,1H3,(H2,15,16,18). The molecule has 0 aliphatic carbocycles. The third-order valence-electron chi connectivity index (χ3n) is 2.49. The van der Waals surface area contributed by atoms with E-state index in [0.29, 0.717) is 0 Å². The molecule has 1 aromatic heterocycles. The van der Waals surface area contributed by atoms with Crippen molar-refractivity contribution >= 4 is 32.7 Å². The summed E-state index contributed by atoms with van der Waals surface area (Å²) in [6, 6.07) is 2.30. The van der Waals surface area contributed by atoms with Crippen molar-refractivity contribution in [3.05, 3.63) is 32.7 Å². The Morgan fingerprint density at radius 3 is 2.56 bits per heavy atom. The largest absolute Gasteiger partial charge is 0.418 e. The number of aryl methyl sites for hydroxylation is 1. The second-order valence-electron chi connectivity index (χ2n) is 3.69. The fraction of sp³-hybridized carbons (Fsp3) is 0.200. The van der Waals surface area contributed by atoms with E-state index in [0.717, 1.165) is 10.6 Å². The van der Waals surface area contributed by atoms with Crippen LogP contribution < -0.4 is 11.4 Å². The maximum atomic E-state index is 12.9. The number of rotatable bonds is 0. The van der Waals surface area contributed by atoms with Gasteiger partial charge in [0, 0.05) is 16.9 Å². The first-order valence-corrected chi connectivity index (χ1v) is 5.54. The number of halogens is 4. The van der Waals surface area contributed by atoms with Crippen molar-refractivity contribution in [2.45, 2.75) is 6.18 Å². The van der Waals surface area contributed by atoms with Gasteiger partial charge in [0.2, 0.25) is 0 Å². The van der Waals surface area contributed by atoms with Gasteiger partial charge < -0.3 is 5.73 Å². The predicted octanol–water partition coefficient (Wildman–Crippen LogP) is 2.30. The molecular weight excluding hydrogens is 315 g/mol. The van der Waals surface area contributed by atoms with Gasteiger partial charge in [-0.1, -0.05) is 15.9 Å². The zero-order chi connectivity index (χ0) is 13.7. The summed E-state index contributed by atoms with van der Waals surface area (Å²) in [5, 5.41) is 0.0822. The van der Waals surface area contributed by atoms with Crippen LogP contribution in [-0.4, -0.2) is 9.55 Å². The van der Waals surface area contributed by atoms with Crippen molar-refractivity contribution in [2.24, 2.45) is 7.05 Å². The molecule has 4 nitrogen and oxygen atoms in total. The Bertz CT molecular complexity index is 693. The van der Waals surface area contributed by atoms with Crippen molar-refractivity contribution in [2.75, 3.05) is 5.73 Å². The van der Waals surface area contributed by atoms with Gasteiger partial charge >= 0.3 is 11.9 Å². The van der Waals surface area contributed by atoms with Crippen LogP contribution in [0.4, 0.5) is 19.0 Å². The monoisotopic (exact) mass is 321 g/mol. The minimum absolute atomic E-state index is 0.0822. The van der Waals surface area contributed by atoms with Crippen LogP contribution in [-0.2, 0) is 13.2 Å². The fourth-order valence-electron chi connectivity index (χ4n) is 1.71. The molecule has 96 valence electrons. The molecule has 0 fully saturated rings. The summed E-state index contributed by atoms with van der Waals surface area (Å²) in [6.07, 6.45) is -4.58. The zero-order valence-electron chi connectivity index (χ0n) is 9.05. The molecule has 0 unspecified atom stereocenters. The number of nitrogens with two attached hydrogens (primary N) is 1. The summed E-state index contributed by atoms with van der Waals surface area (Å²) in [5.74, 6) is -0.222. The SMILES string of the molecule is Cn1c(=O)nc(N)c2cc(Br)cc(C(F)(F)F)c21. The van der Waals surface area contributed by atoms with E-state index in [1.54, 1.807) is 0 Å². The summed E-state index contributed by atoms with van der Waals surface area (Å²) in [7, 11) is 1.22. The first kappa shape index (κ1) is 12.9. The number of nitrogens with zero attached hydrogens (tertiary/aromatic N) is 2. The summed E-state index contributed by atoms with van der Waals surface area (Å²) >= 11 is 2.98. The lowest BCUT2D eigenvalue weighted by molar-refractivity contribution is -0.136. The normalized spacial score (nSPS) is 12.1. The number of benzene rings is 1. The Kier molecular flexibility index (Phi) is 2.84. The molecule has 0 saturated carbocycles. The summed E-state index contributed by atoms with van der Waals surface area (Å²) < 4.78 is 39.9. The van der Waals surface area contributed by atoms with Crippen LogP contribution in [0.1, 0.15) is 5.56 Å². The highest BCUT2D eigenvalue weighted by atomic mass is 79.9. The summed E-state index contributed by atoms with van der Waals surface area (Å²) in [6.45, 7) is 0. The van der Waals surface area contributed by atoms with Crippen LogP contribution in [0.3, 0.4) is 0 Å². The van der Waals surface area contributed by atoms with Gasteiger partial charge in [-0.3, -0.25) is 4.57 Å². The van der Waals surface area contributed by atoms with Gasteiger partial charge in [-0.15, -0.1) is 0 Å². The highest BCUT2D eigenvalue weighted by Crippen LogP contribution is 2.37. The second kappa shape index (κ2) is 3.98. The smallest absolute Gasteiger partial charge is 0.383 e. The van der Waals surface area contributed by atoms with E-state index in [1.807, 2.05) is 0 Å². The van der Waals surface area contributed by atoms with Crippen molar-refractivity contribution < 1.29 is 13.2 Å². The molecule has 1 aromatic carbocycles. The third kappa shape index (κ3) is 1.96. The van der Waals surface area contributed by atoms with Gasteiger partial charge in [0.25, 0.3) is 0 Å². The number of hydrogen-bond donors (Lipinski definition) is 1. The molecule has 2 aromatic rings.